The van der Waals surface area contributed by atoms with Gasteiger partial charge < -0.3 is 19.7 Å². The van der Waals surface area contributed by atoms with Crippen LogP contribution in [0, 0.1) is 5.82 Å². The Bertz CT molecular complexity index is 1170. The van der Waals surface area contributed by atoms with E-state index in [9.17, 15) is 18.8 Å². The highest BCUT2D eigenvalue weighted by molar-refractivity contribution is 5.96. The predicted octanol–water partition coefficient (Wildman–Crippen LogP) is 1.79. The summed E-state index contributed by atoms with van der Waals surface area (Å²) in [7, 11) is 1.68. The summed E-state index contributed by atoms with van der Waals surface area (Å²) in [6.45, 7) is 1.19. The van der Waals surface area contributed by atoms with Gasteiger partial charge >= 0.3 is 6.09 Å². The van der Waals surface area contributed by atoms with Crippen LogP contribution in [-0.2, 0) is 33.6 Å². The third-order valence-corrected chi connectivity index (χ3v) is 6.37. The fourth-order valence-electron chi connectivity index (χ4n) is 4.62. The molecule has 3 aliphatic rings. The van der Waals surface area contributed by atoms with Crippen molar-refractivity contribution in [1.82, 2.24) is 10.3 Å². The Labute approximate surface area is 195 Å². The van der Waals surface area contributed by atoms with Crippen LogP contribution < -0.4 is 19.9 Å². The molecule has 1 N–H and O–H groups in total. The van der Waals surface area contributed by atoms with E-state index in [1.807, 2.05) is 0 Å². The summed E-state index contributed by atoms with van der Waals surface area (Å²) in [4.78, 5) is 43.5. The Hall–Kier alpha value is -3.53. The highest BCUT2D eigenvalue weighted by atomic mass is 19.1. The van der Waals surface area contributed by atoms with E-state index in [4.69, 9.17) is 9.47 Å². The molecule has 34 heavy (non-hydrogen) atoms. The van der Waals surface area contributed by atoms with Crippen LogP contribution in [0.1, 0.15) is 23.2 Å². The van der Waals surface area contributed by atoms with Gasteiger partial charge in [0.05, 0.1) is 24.3 Å². The average molecular weight is 468 g/mol. The largest absolute Gasteiger partial charge is 0.484 e. The number of Topliss-reactive ketones (excluding diaryl/α,β-unsaturated/α-hetero) is 1. The van der Waals surface area contributed by atoms with Gasteiger partial charge in [0, 0.05) is 25.6 Å². The Morgan fingerprint density at radius 3 is 2.88 bits per heavy atom. The molecule has 0 radical (unpaired) electrons. The van der Waals surface area contributed by atoms with Gasteiger partial charge in [0.2, 0.25) is 5.91 Å². The smallest absolute Gasteiger partial charge is 0.415 e. The minimum atomic E-state index is -0.509. The van der Waals surface area contributed by atoms with Gasteiger partial charge in [0.25, 0.3) is 0 Å². The van der Waals surface area contributed by atoms with Gasteiger partial charge in [-0.25, -0.2) is 14.2 Å². The van der Waals surface area contributed by atoms with Gasteiger partial charge in [-0.3, -0.25) is 14.5 Å². The molecular weight excluding hydrogens is 443 g/mol. The molecule has 0 bridgehead atoms. The van der Waals surface area contributed by atoms with Crippen molar-refractivity contribution in [2.75, 3.05) is 43.1 Å². The molecule has 2 amide bonds. The van der Waals surface area contributed by atoms with E-state index in [1.54, 1.807) is 25.2 Å². The summed E-state index contributed by atoms with van der Waals surface area (Å²) in [5.74, 6) is 0.556. The third kappa shape index (κ3) is 4.21. The zero-order valence-corrected chi connectivity index (χ0v) is 18.8. The van der Waals surface area contributed by atoms with Crippen LogP contribution in [0.2, 0.25) is 0 Å². The average Bonchev–Trinajstić information content (AvgIpc) is 3.20. The number of benzene rings is 1. The molecule has 4 heterocycles. The van der Waals surface area contributed by atoms with Gasteiger partial charge in [-0.05, 0) is 43.1 Å². The van der Waals surface area contributed by atoms with Crippen molar-refractivity contribution in [3.05, 3.63) is 46.9 Å². The lowest BCUT2D eigenvalue weighted by Crippen LogP contribution is -2.34. The van der Waals surface area contributed by atoms with Crippen molar-refractivity contribution in [2.24, 2.45) is 0 Å². The molecule has 3 aliphatic heterocycles. The van der Waals surface area contributed by atoms with E-state index in [1.165, 1.54) is 15.9 Å². The van der Waals surface area contributed by atoms with E-state index < -0.39 is 12.2 Å². The van der Waals surface area contributed by atoms with Crippen LogP contribution in [0.3, 0.4) is 0 Å². The van der Waals surface area contributed by atoms with Gasteiger partial charge in [0.1, 0.15) is 30.1 Å². The minimum Gasteiger partial charge on any atom is -0.484 e. The number of anilines is 2. The van der Waals surface area contributed by atoms with Gasteiger partial charge in [0.15, 0.2) is 5.78 Å². The number of cyclic esters (lactones) is 1. The van der Waals surface area contributed by atoms with E-state index in [0.717, 1.165) is 5.56 Å². The molecule has 9 nitrogen and oxygen atoms in total. The second-order valence-electron chi connectivity index (χ2n) is 8.68. The molecule has 0 unspecified atom stereocenters. The Balaban J connectivity index is 1.18. The van der Waals surface area contributed by atoms with Crippen molar-refractivity contribution in [3.8, 4) is 5.75 Å². The predicted molar refractivity (Wildman–Crippen MR) is 121 cm³/mol. The van der Waals surface area contributed by atoms with Crippen LogP contribution in [0.25, 0.3) is 0 Å². The number of ether oxygens (including phenoxy) is 2. The zero-order valence-electron chi connectivity index (χ0n) is 18.8. The Morgan fingerprint density at radius 2 is 2.03 bits per heavy atom. The monoisotopic (exact) mass is 468 g/mol. The second-order valence-corrected chi connectivity index (χ2v) is 8.68. The number of hydrogen-bond donors (Lipinski definition) is 1. The highest BCUT2D eigenvalue weighted by Crippen LogP contribution is 2.32. The Kier molecular flexibility index (Phi) is 5.91. The number of nitrogens with zero attached hydrogens (tertiary/aromatic N) is 3. The summed E-state index contributed by atoms with van der Waals surface area (Å²) >= 11 is 0. The maximum atomic E-state index is 14.6. The van der Waals surface area contributed by atoms with Gasteiger partial charge in [-0.2, -0.15) is 0 Å². The summed E-state index contributed by atoms with van der Waals surface area (Å²) in [5.41, 5.74) is 2.67. The number of amides is 2. The number of nitrogens with one attached hydrogen (secondary N) is 1. The first kappa shape index (κ1) is 22.3. The van der Waals surface area contributed by atoms with Crippen molar-refractivity contribution < 1.29 is 28.2 Å². The molecule has 178 valence electrons. The molecule has 2 aromatic rings. The molecule has 0 aliphatic carbocycles. The van der Waals surface area contributed by atoms with Crippen LogP contribution in [0.15, 0.2) is 24.3 Å². The zero-order chi connectivity index (χ0) is 23.8. The summed E-state index contributed by atoms with van der Waals surface area (Å²) in [6.07, 6.45) is 0.713. The van der Waals surface area contributed by atoms with Crippen LogP contribution in [-0.4, -0.2) is 62.2 Å². The first-order valence-corrected chi connectivity index (χ1v) is 11.3. The maximum Gasteiger partial charge on any atom is 0.415 e. The van der Waals surface area contributed by atoms with Crippen molar-refractivity contribution >= 4 is 29.3 Å². The fraction of sp³-hybridized carbons (Fsp3) is 0.417. The number of aryl methyl sites for hydroxylation is 1. The molecule has 1 saturated heterocycles. The van der Waals surface area contributed by atoms with Crippen molar-refractivity contribution in [1.29, 1.82) is 0 Å². The number of carbonyl (C=O) groups excluding carboxylic acids is 3. The lowest BCUT2D eigenvalue weighted by molar-refractivity contribution is -0.121. The van der Waals surface area contributed by atoms with E-state index >= 15 is 0 Å². The SMILES string of the molecule is CN1C(=O)CCc2ccc(F)c(CCNC[C@H]3CN(c4ccc5c(n4)CC(=O)CO5)C(=O)O3)c21. The summed E-state index contributed by atoms with van der Waals surface area (Å²) in [5, 5.41) is 3.23. The first-order chi connectivity index (χ1) is 16.4. The molecule has 10 heteroatoms. The third-order valence-electron chi connectivity index (χ3n) is 6.37. The van der Waals surface area contributed by atoms with E-state index in [0.29, 0.717) is 67.4 Å². The number of aromatic nitrogens is 1. The van der Waals surface area contributed by atoms with Crippen LogP contribution in [0.4, 0.5) is 20.7 Å². The lowest BCUT2D eigenvalue weighted by Gasteiger charge is -2.28. The van der Waals surface area contributed by atoms with Crippen molar-refractivity contribution in [2.45, 2.75) is 31.8 Å². The molecule has 1 aromatic heterocycles. The number of hydrogen-bond acceptors (Lipinski definition) is 7. The standard InChI is InChI=1S/C24H25FN4O5/c1-28-22(31)7-3-14-2-4-18(25)17(23(14)28)8-9-26-11-16-12-29(24(32)34-16)21-6-5-20-19(27-21)10-15(30)13-33-20/h2,4-6,16,26H,3,7-13H2,1H3/t16-/m0/s1. The van der Waals surface area contributed by atoms with E-state index in [2.05, 4.69) is 10.3 Å². The maximum absolute atomic E-state index is 14.6. The normalized spacial score (nSPS) is 19.6. The van der Waals surface area contributed by atoms with Gasteiger partial charge in [-0.1, -0.05) is 6.07 Å². The summed E-state index contributed by atoms with van der Waals surface area (Å²) in [6, 6.07) is 6.58. The lowest BCUT2D eigenvalue weighted by atomic mass is 9.95. The molecule has 1 aromatic carbocycles. The van der Waals surface area contributed by atoms with Gasteiger partial charge in [-0.15, -0.1) is 0 Å². The molecule has 0 spiro atoms. The number of rotatable bonds is 6. The van der Waals surface area contributed by atoms with Crippen LogP contribution >= 0.6 is 0 Å². The second kappa shape index (κ2) is 9.02. The number of halogens is 1. The summed E-state index contributed by atoms with van der Waals surface area (Å²) < 4.78 is 25.4. The molecule has 1 atom stereocenters. The minimum absolute atomic E-state index is 0.0167. The fourth-order valence-corrected chi connectivity index (χ4v) is 4.62. The molecule has 0 saturated carbocycles. The number of fused-ring (bicyclic) bond motifs is 2. The first-order valence-electron chi connectivity index (χ1n) is 11.3. The number of pyridine rings is 1. The highest BCUT2D eigenvalue weighted by Gasteiger charge is 2.34. The number of carbonyl (C=O) groups is 3. The quantitative estimate of drug-likeness (QED) is 0.645. The topological polar surface area (TPSA) is 101 Å². The molecule has 5 rings (SSSR count). The molecular formula is C24H25FN4O5. The number of ketones is 1. The van der Waals surface area contributed by atoms with Crippen LogP contribution in [0.5, 0.6) is 5.75 Å². The van der Waals surface area contributed by atoms with Crippen molar-refractivity contribution in [3.63, 3.8) is 0 Å². The van der Waals surface area contributed by atoms with E-state index in [-0.39, 0.29) is 30.5 Å². The Morgan fingerprint density at radius 1 is 1.18 bits per heavy atom. The molecule has 1 fully saturated rings.